The third-order valence-corrected chi connectivity index (χ3v) is 8.74. The first-order chi connectivity index (χ1) is 18.6. The molecule has 1 aliphatic rings. The summed E-state index contributed by atoms with van der Waals surface area (Å²) in [5, 5.41) is 7.42. The van der Waals surface area contributed by atoms with Crippen molar-refractivity contribution >= 4 is 33.0 Å². The predicted octanol–water partition coefficient (Wildman–Crippen LogP) is 3.80. The third-order valence-electron chi connectivity index (χ3n) is 6.70. The van der Waals surface area contributed by atoms with Gasteiger partial charge in [-0.15, -0.1) is 0 Å². The molecule has 0 aliphatic carbocycles. The molecule has 0 radical (unpaired) electrons. The number of nitrogens with zero attached hydrogens (tertiary/aromatic N) is 4. The number of amides is 1. The van der Waals surface area contributed by atoms with E-state index in [2.05, 4.69) is 15.4 Å². The molecule has 0 spiro atoms. The van der Waals surface area contributed by atoms with Gasteiger partial charge in [0.1, 0.15) is 0 Å². The van der Waals surface area contributed by atoms with Crippen LogP contribution in [-0.4, -0.2) is 65.3 Å². The molecule has 2 aromatic heterocycles. The zero-order valence-corrected chi connectivity index (χ0v) is 23.0. The van der Waals surface area contributed by atoms with Crippen molar-refractivity contribution in [3.8, 4) is 11.1 Å². The molecule has 4 aromatic rings. The lowest BCUT2D eigenvalue weighted by molar-refractivity contribution is 0.0730. The Morgan fingerprint density at radius 1 is 1.00 bits per heavy atom. The summed E-state index contributed by atoms with van der Waals surface area (Å²) < 4.78 is 35.5. The van der Waals surface area contributed by atoms with Gasteiger partial charge < -0.3 is 10.1 Å². The number of morpholine rings is 1. The second-order valence-electron chi connectivity index (χ2n) is 9.59. The van der Waals surface area contributed by atoms with E-state index in [9.17, 15) is 18.0 Å². The van der Waals surface area contributed by atoms with Gasteiger partial charge in [0.2, 0.25) is 10.0 Å². The fourth-order valence-corrected chi connectivity index (χ4v) is 6.37. The zero-order valence-electron chi connectivity index (χ0n) is 22.2. The van der Waals surface area contributed by atoms with E-state index in [0.29, 0.717) is 46.8 Å². The number of benzene rings is 2. The quantitative estimate of drug-likeness (QED) is 0.364. The van der Waals surface area contributed by atoms with Crippen molar-refractivity contribution in [1.29, 1.82) is 0 Å². The van der Waals surface area contributed by atoms with Crippen molar-refractivity contribution in [2.24, 2.45) is 0 Å². The van der Waals surface area contributed by atoms with Gasteiger partial charge in [-0.3, -0.25) is 9.59 Å². The van der Waals surface area contributed by atoms with Crippen molar-refractivity contribution in [2.75, 3.05) is 31.6 Å². The maximum Gasteiger partial charge on any atom is 0.276 e. The van der Waals surface area contributed by atoms with Crippen molar-refractivity contribution in [3.05, 3.63) is 76.7 Å². The average Bonchev–Trinajstić information content (AvgIpc) is 3.29. The van der Waals surface area contributed by atoms with Crippen LogP contribution >= 0.6 is 0 Å². The number of ether oxygens (including phenoxy) is 1. The summed E-state index contributed by atoms with van der Waals surface area (Å²) in [6, 6.07) is 13.6. The number of aryl methyl sites for hydroxylation is 3. The Hall–Kier alpha value is -3.93. The van der Waals surface area contributed by atoms with Crippen LogP contribution in [0.3, 0.4) is 0 Å². The molecule has 0 unspecified atom stereocenters. The summed E-state index contributed by atoms with van der Waals surface area (Å²) in [6.45, 7) is 8.13. The number of ketones is 1. The molecule has 5 rings (SSSR count). The van der Waals surface area contributed by atoms with Gasteiger partial charge in [0.05, 0.1) is 23.7 Å². The first-order valence-electron chi connectivity index (χ1n) is 12.5. The lowest BCUT2D eigenvalue weighted by Crippen LogP contribution is -2.40. The van der Waals surface area contributed by atoms with Crippen molar-refractivity contribution in [2.45, 2.75) is 32.6 Å². The van der Waals surface area contributed by atoms with Gasteiger partial charge >= 0.3 is 0 Å². The molecule has 0 saturated carbocycles. The highest BCUT2D eigenvalue weighted by atomic mass is 32.2. The SMILES string of the molecule is CC(=O)c1cccc(NC(=O)c2nn3c(C)cc(C)nc3c2-c2ccc(C)c(S(=O)(=O)N3CCOCC3)c2)c1. The Labute approximate surface area is 226 Å². The fourth-order valence-electron chi connectivity index (χ4n) is 4.71. The largest absolute Gasteiger partial charge is 0.379 e. The monoisotopic (exact) mass is 547 g/mol. The molecule has 10 nitrogen and oxygen atoms in total. The lowest BCUT2D eigenvalue weighted by atomic mass is 10.0. The van der Waals surface area contributed by atoms with Crippen LogP contribution in [-0.2, 0) is 14.8 Å². The molecular formula is C28H29N5O5S. The Bertz CT molecular complexity index is 1720. The number of anilines is 1. The predicted molar refractivity (Wildman–Crippen MR) is 147 cm³/mol. The van der Waals surface area contributed by atoms with Gasteiger partial charge in [-0.1, -0.05) is 24.3 Å². The second kappa shape index (κ2) is 10.3. The molecule has 0 bridgehead atoms. The number of hydrogen-bond acceptors (Lipinski definition) is 7. The van der Waals surface area contributed by atoms with E-state index >= 15 is 0 Å². The molecular weight excluding hydrogens is 518 g/mol. The third kappa shape index (κ3) is 5.08. The van der Waals surface area contributed by atoms with Gasteiger partial charge in [0.25, 0.3) is 5.91 Å². The van der Waals surface area contributed by atoms with Crippen LogP contribution in [0, 0.1) is 20.8 Å². The molecule has 39 heavy (non-hydrogen) atoms. The van der Waals surface area contributed by atoms with Gasteiger partial charge in [0, 0.05) is 35.7 Å². The Morgan fingerprint density at radius 3 is 2.46 bits per heavy atom. The van der Waals surface area contributed by atoms with Gasteiger partial charge in [-0.2, -0.15) is 9.40 Å². The van der Waals surface area contributed by atoms with E-state index < -0.39 is 15.9 Å². The summed E-state index contributed by atoms with van der Waals surface area (Å²) in [4.78, 5) is 30.3. The number of carbonyl (C=O) groups is 2. The molecule has 202 valence electrons. The minimum atomic E-state index is -3.80. The standard InChI is InChI=1S/C28H29N5O5S/c1-17-8-9-22(16-24(17)39(36,37)32-10-12-38-13-11-32)25-26(31-33-19(3)14-18(2)29-27(25)33)28(35)30-23-7-5-6-21(15-23)20(4)34/h5-9,14-16H,10-13H2,1-4H3,(H,30,35). The number of fused-ring (bicyclic) bond motifs is 1. The average molecular weight is 548 g/mol. The molecule has 1 aliphatic heterocycles. The van der Waals surface area contributed by atoms with Gasteiger partial charge in [-0.25, -0.2) is 17.9 Å². The molecule has 0 atom stereocenters. The summed E-state index contributed by atoms with van der Waals surface area (Å²) in [5.41, 5.74) is 4.44. The smallest absolute Gasteiger partial charge is 0.276 e. The lowest BCUT2D eigenvalue weighted by Gasteiger charge is -2.26. The Kier molecular flexibility index (Phi) is 7.06. The first kappa shape index (κ1) is 26.7. The summed E-state index contributed by atoms with van der Waals surface area (Å²) >= 11 is 0. The van der Waals surface area contributed by atoms with Crippen molar-refractivity contribution in [1.82, 2.24) is 18.9 Å². The van der Waals surface area contributed by atoms with Gasteiger partial charge in [0.15, 0.2) is 17.1 Å². The second-order valence-corrected chi connectivity index (χ2v) is 11.5. The van der Waals surface area contributed by atoms with E-state index in [1.165, 1.54) is 11.2 Å². The van der Waals surface area contributed by atoms with Crippen LogP contribution in [0.15, 0.2) is 53.4 Å². The molecule has 1 amide bonds. The zero-order chi connectivity index (χ0) is 27.9. The fraction of sp³-hybridized carbons (Fsp3) is 0.286. The van der Waals surface area contributed by atoms with Crippen molar-refractivity contribution in [3.63, 3.8) is 0 Å². The summed E-state index contributed by atoms with van der Waals surface area (Å²) in [6.07, 6.45) is 0. The van der Waals surface area contributed by atoms with E-state index in [0.717, 1.165) is 11.4 Å². The van der Waals surface area contributed by atoms with Crippen LogP contribution in [0.1, 0.15) is 44.7 Å². The number of sulfonamides is 1. The van der Waals surface area contributed by atoms with Crippen LogP contribution in [0.2, 0.25) is 0 Å². The van der Waals surface area contributed by atoms with E-state index in [1.54, 1.807) is 53.9 Å². The topological polar surface area (TPSA) is 123 Å². The van der Waals surface area contributed by atoms with Crippen LogP contribution in [0.4, 0.5) is 5.69 Å². The normalized spacial score (nSPS) is 14.5. The highest BCUT2D eigenvalue weighted by Crippen LogP contribution is 2.33. The van der Waals surface area contributed by atoms with Gasteiger partial charge in [-0.05, 0) is 63.1 Å². The number of aromatic nitrogens is 3. The van der Waals surface area contributed by atoms with Crippen LogP contribution < -0.4 is 5.32 Å². The number of Topliss-reactive ketones (excluding diaryl/α,β-unsaturated/α-hetero) is 1. The molecule has 1 fully saturated rings. The number of nitrogens with one attached hydrogen (secondary N) is 1. The Balaban J connectivity index is 1.65. The maximum atomic E-state index is 13.6. The minimum Gasteiger partial charge on any atom is -0.379 e. The Morgan fingerprint density at radius 2 is 1.74 bits per heavy atom. The highest BCUT2D eigenvalue weighted by molar-refractivity contribution is 7.89. The van der Waals surface area contributed by atoms with E-state index in [1.807, 2.05) is 19.9 Å². The molecule has 1 saturated heterocycles. The summed E-state index contributed by atoms with van der Waals surface area (Å²) in [5.74, 6) is -0.630. The van der Waals surface area contributed by atoms with Crippen LogP contribution in [0.25, 0.3) is 16.8 Å². The minimum absolute atomic E-state index is 0.0861. The number of carbonyl (C=O) groups excluding carboxylic acids is 2. The van der Waals surface area contributed by atoms with E-state index in [-0.39, 0.29) is 29.5 Å². The first-order valence-corrected chi connectivity index (χ1v) is 14.0. The molecule has 1 N–H and O–H groups in total. The number of hydrogen-bond donors (Lipinski definition) is 1. The number of rotatable bonds is 6. The summed E-state index contributed by atoms with van der Waals surface area (Å²) in [7, 11) is -3.80. The molecule has 3 heterocycles. The van der Waals surface area contributed by atoms with E-state index in [4.69, 9.17) is 4.74 Å². The molecule has 11 heteroatoms. The van der Waals surface area contributed by atoms with Crippen LogP contribution in [0.5, 0.6) is 0 Å². The molecule has 2 aromatic carbocycles. The maximum absolute atomic E-state index is 13.6. The highest BCUT2D eigenvalue weighted by Gasteiger charge is 2.30. The van der Waals surface area contributed by atoms with Crippen molar-refractivity contribution < 1.29 is 22.7 Å².